The molecule has 0 aromatic rings. The number of hydrogen-bond donors (Lipinski definition) is 10. The summed E-state index contributed by atoms with van der Waals surface area (Å²) in [6.07, 6.45) is -11.6. The Morgan fingerprint density at radius 3 is 2.08 bits per heavy atom. The maximum atomic E-state index is 13.1. The molecule has 64 heavy (non-hydrogen) atoms. The molecule has 17 nitrogen and oxygen atoms in total. The first kappa shape index (κ1) is 49.0. The molecule has 0 bridgehead atoms. The summed E-state index contributed by atoms with van der Waals surface area (Å²) in [4.78, 5) is 13.1. The van der Waals surface area contributed by atoms with Crippen LogP contribution in [0.5, 0.6) is 0 Å². The molecule has 0 aromatic carbocycles. The number of fused-ring (bicyclic) bond motifs is 7. The zero-order valence-corrected chi connectivity index (χ0v) is 38.5. The molecule has 3 aliphatic heterocycles. The van der Waals surface area contributed by atoms with Gasteiger partial charge in [-0.25, -0.2) is 0 Å². The van der Waals surface area contributed by atoms with Gasteiger partial charge >= 0.3 is 5.97 Å². The van der Waals surface area contributed by atoms with Crippen molar-refractivity contribution in [3.8, 4) is 0 Å². The number of carbonyl (C=O) groups is 1. The Kier molecular flexibility index (Phi) is 13.2. The molecule has 17 heteroatoms. The Balaban J connectivity index is 0.962. The third-order valence-corrected chi connectivity index (χ3v) is 18.9. The van der Waals surface area contributed by atoms with E-state index in [1.165, 1.54) is 12.5 Å². The third kappa shape index (κ3) is 7.49. The highest BCUT2D eigenvalue weighted by atomic mass is 16.8. The van der Waals surface area contributed by atoms with Crippen LogP contribution in [0.15, 0.2) is 11.6 Å². The van der Waals surface area contributed by atoms with Crippen LogP contribution in [0.25, 0.3) is 0 Å². The number of hydrogen-bond acceptors (Lipinski definition) is 16. The standard InChI is InChI=1S/C47H76O17/c1-22-30(50)33(53)36(56)39(60-22)64-37-34(54)31(51)25(19-48)61-40(37)62-26-20-59-38(35(55)32(26)52)63-29-11-12-44(6)27(43(29,4)5)10-13-45(7)28(44)9-8-23-24-18-42(2,3)14-15-46(24,41(57)58)16-17-47(23,45)21-49/h8,22,24-40,48-56H,9-21H2,1-7H3,(H,57,58). The van der Waals surface area contributed by atoms with Crippen LogP contribution in [-0.2, 0) is 33.2 Å². The molecule has 4 saturated carbocycles. The van der Waals surface area contributed by atoms with E-state index in [1.54, 1.807) is 0 Å². The lowest BCUT2D eigenvalue weighted by Gasteiger charge is -2.71. The predicted molar refractivity (Wildman–Crippen MR) is 225 cm³/mol. The van der Waals surface area contributed by atoms with Gasteiger partial charge in [0.2, 0.25) is 0 Å². The highest BCUT2D eigenvalue weighted by molar-refractivity contribution is 5.76. The summed E-state index contributed by atoms with van der Waals surface area (Å²) in [7, 11) is 0. The van der Waals surface area contributed by atoms with E-state index in [1.807, 2.05) is 0 Å². The van der Waals surface area contributed by atoms with Gasteiger partial charge in [-0.05, 0) is 111 Å². The Bertz CT molecular complexity index is 1740. The van der Waals surface area contributed by atoms with Gasteiger partial charge in [0.15, 0.2) is 18.9 Å². The monoisotopic (exact) mass is 913 g/mol. The fraction of sp³-hybridized carbons (Fsp3) is 0.936. The first-order valence-corrected chi connectivity index (χ1v) is 23.7. The van der Waals surface area contributed by atoms with Crippen LogP contribution in [0, 0.1) is 50.2 Å². The molecule has 366 valence electrons. The third-order valence-electron chi connectivity index (χ3n) is 18.9. The number of rotatable bonds is 9. The summed E-state index contributed by atoms with van der Waals surface area (Å²) < 4.78 is 35.9. The topological polar surface area (TPSA) is 275 Å². The fourth-order valence-electron chi connectivity index (χ4n) is 14.9. The first-order valence-electron chi connectivity index (χ1n) is 23.7. The molecule has 8 aliphatic rings. The zero-order valence-electron chi connectivity index (χ0n) is 38.5. The second-order valence-electron chi connectivity index (χ2n) is 22.9. The van der Waals surface area contributed by atoms with Crippen LogP contribution >= 0.6 is 0 Å². The maximum Gasteiger partial charge on any atom is 0.310 e. The van der Waals surface area contributed by atoms with Crippen molar-refractivity contribution in [2.75, 3.05) is 19.8 Å². The Hall–Kier alpha value is -1.39. The number of aliphatic carboxylic acids is 1. The molecule has 3 saturated heterocycles. The van der Waals surface area contributed by atoms with Gasteiger partial charge in [-0.2, -0.15) is 0 Å². The number of aliphatic hydroxyl groups is 9. The lowest BCUT2D eigenvalue weighted by Crippen LogP contribution is -2.67. The first-order chi connectivity index (χ1) is 29.9. The summed E-state index contributed by atoms with van der Waals surface area (Å²) in [5, 5.41) is 108. The van der Waals surface area contributed by atoms with Gasteiger partial charge in [0.05, 0.1) is 37.4 Å². The molecule has 7 fully saturated rings. The van der Waals surface area contributed by atoms with E-state index < -0.39 is 115 Å². The number of carboxylic acid groups (broad SMARTS) is 1. The molecule has 10 N–H and O–H groups in total. The van der Waals surface area contributed by atoms with E-state index in [-0.39, 0.29) is 53.3 Å². The van der Waals surface area contributed by atoms with E-state index in [2.05, 4.69) is 47.6 Å². The number of ether oxygens (including phenoxy) is 6. The number of carboxylic acids is 1. The summed E-state index contributed by atoms with van der Waals surface area (Å²) >= 11 is 0. The minimum Gasteiger partial charge on any atom is -0.481 e. The van der Waals surface area contributed by atoms with E-state index in [0.29, 0.717) is 25.7 Å². The Labute approximate surface area is 376 Å². The van der Waals surface area contributed by atoms with Crippen molar-refractivity contribution in [2.45, 2.75) is 205 Å². The van der Waals surface area contributed by atoms with Crippen molar-refractivity contribution >= 4 is 5.97 Å². The quantitative estimate of drug-likeness (QED) is 0.116. The zero-order chi connectivity index (χ0) is 46.7. The van der Waals surface area contributed by atoms with Gasteiger partial charge in [-0.1, -0.05) is 53.2 Å². The van der Waals surface area contributed by atoms with Crippen LogP contribution in [0.4, 0.5) is 0 Å². The molecule has 0 spiro atoms. The smallest absolute Gasteiger partial charge is 0.310 e. The molecule has 22 atom stereocenters. The van der Waals surface area contributed by atoms with Gasteiger partial charge < -0.3 is 79.5 Å². The SMILES string of the molecule is CC1OC(OC2C(OC3COC(OC4CCC5(C)C(CCC6(C)C5CC=C5C7CC(C)(C)CCC7(C(=O)O)CCC56CO)C4(C)C)C(O)C3O)OC(CO)C(O)C2O)C(O)C(O)C1O. The molecular weight excluding hydrogens is 837 g/mol. The molecule has 0 amide bonds. The van der Waals surface area contributed by atoms with Crippen LogP contribution in [0.2, 0.25) is 0 Å². The molecule has 3 heterocycles. The minimum atomic E-state index is -1.77. The van der Waals surface area contributed by atoms with Crippen LogP contribution in [0.3, 0.4) is 0 Å². The predicted octanol–water partition coefficient (Wildman–Crippen LogP) is 1.35. The highest BCUT2D eigenvalue weighted by Crippen LogP contribution is 2.76. The highest BCUT2D eigenvalue weighted by Gasteiger charge is 2.71. The van der Waals surface area contributed by atoms with Gasteiger partial charge in [0.25, 0.3) is 0 Å². The Morgan fingerprint density at radius 2 is 1.41 bits per heavy atom. The second-order valence-corrected chi connectivity index (χ2v) is 22.9. The summed E-state index contributed by atoms with van der Waals surface area (Å²) in [6, 6.07) is 0. The lowest BCUT2D eigenvalue weighted by atomic mass is 9.33. The van der Waals surface area contributed by atoms with Crippen LogP contribution < -0.4 is 0 Å². The van der Waals surface area contributed by atoms with Crippen molar-refractivity contribution < 1.29 is 84.3 Å². The van der Waals surface area contributed by atoms with E-state index in [0.717, 1.165) is 38.5 Å². The summed E-state index contributed by atoms with van der Waals surface area (Å²) in [6.45, 7) is 14.1. The average Bonchev–Trinajstić information content (AvgIpc) is 3.24. The number of allylic oxidation sites excluding steroid dienone is 1. The van der Waals surface area contributed by atoms with E-state index in [9.17, 15) is 55.9 Å². The molecule has 0 aromatic heterocycles. The molecule has 22 unspecified atom stereocenters. The van der Waals surface area contributed by atoms with Crippen molar-refractivity contribution in [1.82, 2.24) is 0 Å². The van der Waals surface area contributed by atoms with Crippen LogP contribution in [-0.4, -0.2) is 169 Å². The second kappa shape index (κ2) is 17.2. The molecule has 5 aliphatic carbocycles. The lowest BCUT2D eigenvalue weighted by molar-refractivity contribution is -0.382. The minimum absolute atomic E-state index is 0.00411. The largest absolute Gasteiger partial charge is 0.481 e. The number of aliphatic hydroxyl groups excluding tert-OH is 9. The maximum absolute atomic E-state index is 13.1. The van der Waals surface area contributed by atoms with Gasteiger partial charge in [0, 0.05) is 5.41 Å². The van der Waals surface area contributed by atoms with E-state index >= 15 is 0 Å². The average molecular weight is 913 g/mol. The normalized spacial score (nSPS) is 53.5. The van der Waals surface area contributed by atoms with Gasteiger partial charge in [0.1, 0.15) is 61.0 Å². The van der Waals surface area contributed by atoms with Crippen LogP contribution in [0.1, 0.15) is 113 Å². The van der Waals surface area contributed by atoms with Crippen molar-refractivity contribution in [3.05, 3.63) is 11.6 Å². The molecule has 8 rings (SSSR count). The van der Waals surface area contributed by atoms with Crippen molar-refractivity contribution in [3.63, 3.8) is 0 Å². The van der Waals surface area contributed by atoms with Gasteiger partial charge in [-0.15, -0.1) is 0 Å². The summed E-state index contributed by atoms with van der Waals surface area (Å²) in [5.74, 6) is -0.387. The van der Waals surface area contributed by atoms with Gasteiger partial charge in [-0.3, -0.25) is 4.79 Å². The Morgan fingerprint density at radius 1 is 0.719 bits per heavy atom. The van der Waals surface area contributed by atoms with Crippen molar-refractivity contribution in [1.29, 1.82) is 0 Å². The fourth-order valence-corrected chi connectivity index (χ4v) is 14.9. The molecule has 0 radical (unpaired) electrons. The van der Waals surface area contributed by atoms with Crippen molar-refractivity contribution in [2.24, 2.45) is 50.2 Å². The summed E-state index contributed by atoms with van der Waals surface area (Å²) in [5.41, 5.74) is -0.909. The molecular formula is C47H76O17. The van der Waals surface area contributed by atoms with E-state index in [4.69, 9.17) is 28.4 Å².